The molecule has 0 aromatic heterocycles. The van der Waals surface area contributed by atoms with Crippen LogP contribution in [0.1, 0.15) is 25.3 Å². The summed E-state index contributed by atoms with van der Waals surface area (Å²) in [6, 6.07) is 3.57. The standard InChI is InChI=1S/C14H18N4O3/c1-8-10(3-2-4-15-8)16-12-7-11-9(6-14(19)17-11)5-13(12)18(20)21/h5,7-8,10,15-16H,2-4,6H2,1H3,(H,17,19). The number of amides is 1. The zero-order valence-corrected chi connectivity index (χ0v) is 11.8. The largest absolute Gasteiger partial charge is 0.375 e. The number of nitro benzene ring substituents is 1. The summed E-state index contributed by atoms with van der Waals surface area (Å²) < 4.78 is 0. The highest BCUT2D eigenvalue weighted by Crippen LogP contribution is 2.35. The molecule has 2 heterocycles. The van der Waals surface area contributed by atoms with Gasteiger partial charge in [0.05, 0.1) is 11.3 Å². The number of hydrogen-bond donors (Lipinski definition) is 3. The van der Waals surface area contributed by atoms with Gasteiger partial charge in [-0.05, 0) is 37.9 Å². The number of anilines is 2. The van der Waals surface area contributed by atoms with Crippen molar-refractivity contribution in [1.29, 1.82) is 0 Å². The van der Waals surface area contributed by atoms with Gasteiger partial charge in [0.1, 0.15) is 5.69 Å². The van der Waals surface area contributed by atoms with Crippen LogP contribution in [0.3, 0.4) is 0 Å². The van der Waals surface area contributed by atoms with E-state index in [1.165, 1.54) is 6.07 Å². The molecule has 0 bridgehead atoms. The van der Waals surface area contributed by atoms with Crippen LogP contribution in [0.15, 0.2) is 12.1 Å². The molecule has 2 unspecified atom stereocenters. The maximum Gasteiger partial charge on any atom is 0.292 e. The Hall–Kier alpha value is -2.15. The van der Waals surface area contributed by atoms with E-state index in [0.29, 0.717) is 16.9 Å². The number of hydrogen-bond acceptors (Lipinski definition) is 5. The molecule has 2 aliphatic rings. The van der Waals surface area contributed by atoms with Gasteiger partial charge in [0, 0.05) is 23.8 Å². The Bertz CT molecular complexity index is 602. The van der Waals surface area contributed by atoms with Crippen LogP contribution in [-0.4, -0.2) is 29.5 Å². The van der Waals surface area contributed by atoms with Crippen molar-refractivity contribution in [2.45, 2.75) is 38.3 Å². The van der Waals surface area contributed by atoms with E-state index < -0.39 is 4.92 Å². The van der Waals surface area contributed by atoms with Crippen molar-refractivity contribution in [2.24, 2.45) is 0 Å². The molecule has 21 heavy (non-hydrogen) atoms. The van der Waals surface area contributed by atoms with E-state index in [1.54, 1.807) is 6.07 Å². The average Bonchev–Trinajstić information content (AvgIpc) is 2.79. The first-order valence-electron chi connectivity index (χ1n) is 7.15. The normalized spacial score (nSPS) is 24.3. The summed E-state index contributed by atoms with van der Waals surface area (Å²) >= 11 is 0. The van der Waals surface area contributed by atoms with Crippen LogP contribution in [0.2, 0.25) is 0 Å². The molecule has 2 aliphatic heterocycles. The Labute approximate surface area is 122 Å². The van der Waals surface area contributed by atoms with Gasteiger partial charge in [-0.3, -0.25) is 14.9 Å². The molecule has 2 atom stereocenters. The fourth-order valence-electron chi connectivity index (χ4n) is 2.97. The maximum atomic E-state index is 11.4. The van der Waals surface area contributed by atoms with Gasteiger partial charge in [0.2, 0.25) is 5.91 Å². The van der Waals surface area contributed by atoms with Gasteiger partial charge in [-0.2, -0.15) is 0 Å². The van der Waals surface area contributed by atoms with E-state index in [9.17, 15) is 14.9 Å². The van der Waals surface area contributed by atoms with Crippen molar-refractivity contribution >= 4 is 23.0 Å². The Kier molecular flexibility index (Phi) is 3.50. The Morgan fingerprint density at radius 3 is 2.95 bits per heavy atom. The SMILES string of the molecule is CC1NCCCC1Nc1cc2c(cc1[N+](=O)[O-])CC(=O)N2. The number of carbonyl (C=O) groups is 1. The first-order valence-corrected chi connectivity index (χ1v) is 7.15. The van der Waals surface area contributed by atoms with Gasteiger partial charge in [-0.25, -0.2) is 0 Å². The first kappa shape index (κ1) is 13.8. The molecule has 0 spiro atoms. The molecule has 3 N–H and O–H groups in total. The lowest BCUT2D eigenvalue weighted by Crippen LogP contribution is -2.46. The minimum Gasteiger partial charge on any atom is -0.375 e. The monoisotopic (exact) mass is 290 g/mol. The van der Waals surface area contributed by atoms with Crippen molar-refractivity contribution in [2.75, 3.05) is 17.2 Å². The lowest BCUT2D eigenvalue weighted by atomic mass is 9.99. The highest BCUT2D eigenvalue weighted by atomic mass is 16.6. The van der Waals surface area contributed by atoms with Gasteiger partial charge >= 0.3 is 0 Å². The van der Waals surface area contributed by atoms with Crippen LogP contribution in [0.4, 0.5) is 17.1 Å². The minimum atomic E-state index is -0.396. The predicted octanol–water partition coefficient (Wildman–Crippen LogP) is 1.64. The number of carbonyl (C=O) groups excluding carboxylic acids is 1. The zero-order valence-electron chi connectivity index (χ0n) is 11.8. The van der Waals surface area contributed by atoms with E-state index in [0.717, 1.165) is 19.4 Å². The van der Waals surface area contributed by atoms with Crippen molar-refractivity contribution in [3.05, 3.63) is 27.8 Å². The topological polar surface area (TPSA) is 96.3 Å². The Morgan fingerprint density at radius 2 is 2.24 bits per heavy atom. The average molecular weight is 290 g/mol. The summed E-state index contributed by atoms with van der Waals surface area (Å²) in [5.41, 5.74) is 1.86. The Morgan fingerprint density at radius 1 is 1.43 bits per heavy atom. The molecule has 112 valence electrons. The molecule has 0 radical (unpaired) electrons. The highest BCUT2D eigenvalue weighted by molar-refractivity contribution is 6.00. The van der Waals surface area contributed by atoms with Crippen LogP contribution in [-0.2, 0) is 11.2 Å². The second-order valence-electron chi connectivity index (χ2n) is 5.64. The number of piperidine rings is 1. The molecule has 0 aliphatic carbocycles. The van der Waals surface area contributed by atoms with Crippen LogP contribution >= 0.6 is 0 Å². The number of benzene rings is 1. The third-order valence-corrected chi connectivity index (χ3v) is 4.15. The fourth-order valence-corrected chi connectivity index (χ4v) is 2.97. The van der Waals surface area contributed by atoms with Crippen molar-refractivity contribution < 1.29 is 9.72 Å². The molecule has 3 rings (SSSR count). The number of nitrogens with one attached hydrogen (secondary N) is 3. The number of rotatable bonds is 3. The first-order chi connectivity index (χ1) is 10.0. The number of nitro groups is 1. The van der Waals surface area contributed by atoms with E-state index in [4.69, 9.17) is 0 Å². The zero-order chi connectivity index (χ0) is 15.0. The molecule has 1 saturated heterocycles. The van der Waals surface area contributed by atoms with Crippen molar-refractivity contribution in [3.8, 4) is 0 Å². The van der Waals surface area contributed by atoms with Gasteiger partial charge in [-0.1, -0.05) is 0 Å². The third-order valence-electron chi connectivity index (χ3n) is 4.15. The molecule has 7 heteroatoms. The second kappa shape index (κ2) is 5.33. The summed E-state index contributed by atoms with van der Waals surface area (Å²) in [5, 5.41) is 20.6. The number of nitrogens with zero attached hydrogens (tertiary/aromatic N) is 1. The fraction of sp³-hybridized carbons (Fsp3) is 0.500. The molecule has 1 aromatic rings. The van der Waals surface area contributed by atoms with Gasteiger partial charge in [-0.15, -0.1) is 0 Å². The molecule has 1 amide bonds. The molecular weight excluding hydrogens is 272 g/mol. The molecule has 7 nitrogen and oxygen atoms in total. The van der Waals surface area contributed by atoms with Crippen LogP contribution in [0, 0.1) is 10.1 Å². The third kappa shape index (κ3) is 2.69. The summed E-state index contributed by atoms with van der Waals surface area (Å²) in [5.74, 6) is -0.121. The van der Waals surface area contributed by atoms with E-state index >= 15 is 0 Å². The van der Waals surface area contributed by atoms with Gasteiger partial charge < -0.3 is 16.0 Å². The van der Waals surface area contributed by atoms with Crippen molar-refractivity contribution in [3.63, 3.8) is 0 Å². The summed E-state index contributed by atoms with van der Waals surface area (Å²) in [7, 11) is 0. The maximum absolute atomic E-state index is 11.4. The Balaban J connectivity index is 1.91. The van der Waals surface area contributed by atoms with Crippen LogP contribution in [0.5, 0.6) is 0 Å². The van der Waals surface area contributed by atoms with Crippen molar-refractivity contribution in [1.82, 2.24) is 5.32 Å². The molecule has 1 fully saturated rings. The highest BCUT2D eigenvalue weighted by Gasteiger charge is 2.27. The lowest BCUT2D eigenvalue weighted by molar-refractivity contribution is -0.384. The lowest BCUT2D eigenvalue weighted by Gasteiger charge is -2.31. The van der Waals surface area contributed by atoms with E-state index in [2.05, 4.69) is 22.9 Å². The second-order valence-corrected chi connectivity index (χ2v) is 5.64. The summed E-state index contributed by atoms with van der Waals surface area (Å²) in [4.78, 5) is 22.3. The summed E-state index contributed by atoms with van der Waals surface area (Å²) in [6.07, 6.45) is 2.21. The molecule has 0 saturated carbocycles. The quantitative estimate of drug-likeness (QED) is 0.581. The van der Waals surface area contributed by atoms with Gasteiger partial charge in [0.25, 0.3) is 5.69 Å². The summed E-state index contributed by atoms with van der Waals surface area (Å²) in [6.45, 7) is 3.04. The molecular formula is C14H18N4O3. The minimum absolute atomic E-state index is 0.0306. The van der Waals surface area contributed by atoms with Gasteiger partial charge in [0.15, 0.2) is 0 Å². The van der Waals surface area contributed by atoms with Crippen LogP contribution < -0.4 is 16.0 Å². The molecule has 1 aromatic carbocycles. The predicted molar refractivity (Wildman–Crippen MR) is 79.5 cm³/mol. The van der Waals surface area contributed by atoms with Crippen LogP contribution in [0.25, 0.3) is 0 Å². The van der Waals surface area contributed by atoms with E-state index in [-0.39, 0.29) is 30.1 Å². The smallest absolute Gasteiger partial charge is 0.292 e. The number of fused-ring (bicyclic) bond motifs is 1. The van der Waals surface area contributed by atoms with E-state index in [1.807, 2.05) is 0 Å².